The van der Waals surface area contributed by atoms with Crippen LogP contribution in [0.2, 0.25) is 0 Å². The molecule has 1 amide bonds. The van der Waals surface area contributed by atoms with Crippen molar-refractivity contribution in [2.45, 2.75) is 26.2 Å². The van der Waals surface area contributed by atoms with Crippen LogP contribution < -0.4 is 10.6 Å². The molecule has 1 aromatic heterocycles. The third-order valence-electron chi connectivity index (χ3n) is 4.05. The zero-order valence-corrected chi connectivity index (χ0v) is 13.0. The van der Waals surface area contributed by atoms with Gasteiger partial charge in [-0.15, -0.1) is 0 Å². The fourth-order valence-corrected chi connectivity index (χ4v) is 2.42. The third kappa shape index (κ3) is 3.74. The van der Waals surface area contributed by atoms with E-state index in [9.17, 15) is 9.59 Å². The van der Waals surface area contributed by atoms with E-state index in [0.29, 0.717) is 11.4 Å². The average Bonchev–Trinajstić information content (AvgIpc) is 2.48. The summed E-state index contributed by atoms with van der Waals surface area (Å²) in [7, 11) is 0. The monoisotopic (exact) mass is 309 g/mol. The first-order valence-electron chi connectivity index (χ1n) is 7.77. The highest BCUT2D eigenvalue weighted by Crippen LogP contribution is 2.27. The van der Waals surface area contributed by atoms with E-state index in [2.05, 4.69) is 15.6 Å². The number of anilines is 3. The molecule has 1 aliphatic carbocycles. The number of carbonyl (C=O) groups is 2. The number of rotatable bonds is 5. The first kappa shape index (κ1) is 15.2. The first-order chi connectivity index (χ1) is 11.1. The molecule has 5 heteroatoms. The molecule has 1 saturated carbocycles. The minimum absolute atomic E-state index is 0.0285. The van der Waals surface area contributed by atoms with Crippen LogP contribution >= 0.6 is 0 Å². The number of aromatic nitrogens is 1. The fourth-order valence-electron chi connectivity index (χ4n) is 2.42. The normalized spacial score (nSPS) is 14.0. The van der Waals surface area contributed by atoms with Gasteiger partial charge >= 0.3 is 0 Å². The van der Waals surface area contributed by atoms with Crippen molar-refractivity contribution in [3.05, 3.63) is 48.2 Å². The molecule has 5 nitrogen and oxygen atoms in total. The molecule has 1 heterocycles. The van der Waals surface area contributed by atoms with Gasteiger partial charge in [-0.3, -0.25) is 9.59 Å². The predicted octanol–water partition coefficient (Wildman–Crippen LogP) is 3.77. The molecular formula is C18H19N3O2. The smallest absolute Gasteiger partial charge is 0.228 e. The van der Waals surface area contributed by atoms with Crippen LogP contribution in [-0.2, 0) is 4.79 Å². The quantitative estimate of drug-likeness (QED) is 0.825. The third-order valence-corrected chi connectivity index (χ3v) is 4.05. The highest BCUT2D eigenvalue weighted by molar-refractivity contribution is 5.95. The molecule has 2 N–H and O–H groups in total. The summed E-state index contributed by atoms with van der Waals surface area (Å²) >= 11 is 0. The van der Waals surface area contributed by atoms with Gasteiger partial charge in [0.25, 0.3) is 0 Å². The highest BCUT2D eigenvalue weighted by atomic mass is 16.2. The molecule has 0 spiro atoms. The van der Waals surface area contributed by atoms with Crippen LogP contribution in [0.1, 0.15) is 36.5 Å². The zero-order valence-electron chi connectivity index (χ0n) is 13.0. The Labute approximate surface area is 135 Å². The molecule has 1 fully saturated rings. The Morgan fingerprint density at radius 1 is 1.13 bits per heavy atom. The summed E-state index contributed by atoms with van der Waals surface area (Å²) < 4.78 is 0. The first-order valence-corrected chi connectivity index (χ1v) is 7.77. The van der Waals surface area contributed by atoms with Gasteiger partial charge in [-0.05, 0) is 44.0 Å². The molecule has 3 rings (SSSR count). The Kier molecular flexibility index (Phi) is 4.37. The molecule has 0 aliphatic heterocycles. The summed E-state index contributed by atoms with van der Waals surface area (Å²) in [5, 5.41) is 6.03. The van der Waals surface area contributed by atoms with E-state index in [0.717, 1.165) is 30.6 Å². The minimum Gasteiger partial charge on any atom is -0.354 e. The number of Topliss-reactive ketones (excluding diaryl/α,β-unsaturated/α-hetero) is 1. The van der Waals surface area contributed by atoms with Crippen molar-refractivity contribution in [3.8, 4) is 0 Å². The largest absolute Gasteiger partial charge is 0.354 e. The van der Waals surface area contributed by atoms with Crippen LogP contribution in [-0.4, -0.2) is 16.7 Å². The van der Waals surface area contributed by atoms with Crippen molar-refractivity contribution in [1.29, 1.82) is 0 Å². The Morgan fingerprint density at radius 2 is 1.96 bits per heavy atom. The number of hydrogen-bond acceptors (Lipinski definition) is 4. The van der Waals surface area contributed by atoms with Crippen molar-refractivity contribution >= 4 is 28.9 Å². The number of amides is 1. The number of benzene rings is 1. The lowest BCUT2D eigenvalue weighted by molar-refractivity contribution is -0.122. The topological polar surface area (TPSA) is 71.1 Å². The van der Waals surface area contributed by atoms with Crippen molar-refractivity contribution in [2.24, 2.45) is 5.92 Å². The lowest BCUT2D eigenvalue weighted by Crippen LogP contribution is -2.28. The highest BCUT2D eigenvalue weighted by Gasteiger charge is 2.25. The maximum absolute atomic E-state index is 11.9. The second kappa shape index (κ2) is 6.60. The van der Waals surface area contributed by atoms with Gasteiger partial charge in [-0.25, -0.2) is 4.98 Å². The number of pyridine rings is 1. The molecule has 0 atom stereocenters. The SMILES string of the molecule is CC(=O)c1cccc(Nc2ccc(NC(=O)C3CCC3)nc2)c1. The Bertz CT molecular complexity index is 721. The van der Waals surface area contributed by atoms with Crippen molar-refractivity contribution in [1.82, 2.24) is 4.98 Å². The fraction of sp³-hybridized carbons (Fsp3) is 0.278. The molecule has 118 valence electrons. The molecule has 1 aliphatic rings. The van der Waals surface area contributed by atoms with Gasteiger partial charge in [0.15, 0.2) is 5.78 Å². The van der Waals surface area contributed by atoms with E-state index in [1.807, 2.05) is 18.2 Å². The number of nitrogens with one attached hydrogen (secondary N) is 2. The van der Waals surface area contributed by atoms with Gasteiger partial charge in [0.05, 0.1) is 11.9 Å². The van der Waals surface area contributed by atoms with Crippen molar-refractivity contribution in [2.75, 3.05) is 10.6 Å². The summed E-state index contributed by atoms with van der Waals surface area (Å²) in [6.07, 6.45) is 4.74. The number of nitrogens with zero attached hydrogens (tertiary/aromatic N) is 1. The molecule has 0 bridgehead atoms. The number of ketones is 1. The summed E-state index contributed by atoms with van der Waals surface area (Å²) in [6, 6.07) is 10.9. The van der Waals surface area contributed by atoms with Crippen molar-refractivity contribution in [3.63, 3.8) is 0 Å². The number of carbonyl (C=O) groups excluding carboxylic acids is 2. The van der Waals surface area contributed by atoms with Gasteiger partial charge in [0.1, 0.15) is 5.82 Å². The second-order valence-electron chi connectivity index (χ2n) is 5.81. The van der Waals surface area contributed by atoms with Crippen LogP contribution in [0.4, 0.5) is 17.2 Å². The molecule has 1 aromatic carbocycles. The minimum atomic E-state index is 0.0285. The summed E-state index contributed by atoms with van der Waals surface area (Å²) in [4.78, 5) is 27.5. The molecule has 2 aromatic rings. The predicted molar refractivity (Wildman–Crippen MR) is 89.9 cm³/mol. The average molecular weight is 309 g/mol. The maximum Gasteiger partial charge on any atom is 0.228 e. The second-order valence-corrected chi connectivity index (χ2v) is 5.81. The van der Waals surface area contributed by atoms with E-state index < -0.39 is 0 Å². The summed E-state index contributed by atoms with van der Waals surface area (Å²) in [5.74, 6) is 0.785. The van der Waals surface area contributed by atoms with Crippen LogP contribution in [0.5, 0.6) is 0 Å². The lowest BCUT2D eigenvalue weighted by atomic mass is 9.85. The van der Waals surface area contributed by atoms with E-state index in [1.165, 1.54) is 0 Å². The van der Waals surface area contributed by atoms with Gasteiger partial charge in [0, 0.05) is 17.2 Å². The zero-order chi connectivity index (χ0) is 16.2. The van der Waals surface area contributed by atoms with Gasteiger partial charge in [-0.1, -0.05) is 18.6 Å². The number of hydrogen-bond donors (Lipinski definition) is 2. The van der Waals surface area contributed by atoms with Gasteiger partial charge in [0.2, 0.25) is 5.91 Å². The Hall–Kier alpha value is -2.69. The summed E-state index contributed by atoms with van der Waals surface area (Å²) in [6.45, 7) is 1.54. The Balaban J connectivity index is 1.64. The summed E-state index contributed by atoms with van der Waals surface area (Å²) in [5.41, 5.74) is 2.28. The van der Waals surface area contributed by atoms with Crippen LogP contribution in [0.3, 0.4) is 0 Å². The molecule has 0 radical (unpaired) electrons. The molecular weight excluding hydrogens is 290 g/mol. The maximum atomic E-state index is 11.9. The molecule has 23 heavy (non-hydrogen) atoms. The standard InChI is InChI=1S/C18H19N3O2/c1-12(22)14-6-3-7-15(10-14)20-16-8-9-17(19-11-16)21-18(23)13-4-2-5-13/h3,6-11,13,20H,2,4-5H2,1H3,(H,19,21,23). The van der Waals surface area contributed by atoms with E-state index in [-0.39, 0.29) is 17.6 Å². The Morgan fingerprint density at radius 3 is 2.57 bits per heavy atom. The van der Waals surface area contributed by atoms with Crippen LogP contribution in [0.15, 0.2) is 42.6 Å². The van der Waals surface area contributed by atoms with E-state index in [1.54, 1.807) is 31.3 Å². The van der Waals surface area contributed by atoms with Crippen LogP contribution in [0.25, 0.3) is 0 Å². The molecule has 0 saturated heterocycles. The lowest BCUT2D eigenvalue weighted by Gasteiger charge is -2.23. The van der Waals surface area contributed by atoms with Crippen molar-refractivity contribution < 1.29 is 9.59 Å². The molecule has 0 unspecified atom stereocenters. The van der Waals surface area contributed by atoms with Gasteiger partial charge < -0.3 is 10.6 Å². The van der Waals surface area contributed by atoms with E-state index in [4.69, 9.17) is 0 Å². The van der Waals surface area contributed by atoms with Crippen LogP contribution in [0, 0.1) is 5.92 Å². The van der Waals surface area contributed by atoms with E-state index >= 15 is 0 Å². The van der Waals surface area contributed by atoms with Gasteiger partial charge in [-0.2, -0.15) is 0 Å².